The molecule has 0 spiro atoms. The maximum Gasteiger partial charge on any atom is 0.201 e. The Morgan fingerprint density at radius 2 is 1.46 bits per heavy atom. The summed E-state index contributed by atoms with van der Waals surface area (Å²) in [4.78, 5) is 0. The van der Waals surface area contributed by atoms with Crippen LogP contribution in [0, 0.1) is 29.1 Å². The van der Waals surface area contributed by atoms with Crippen molar-refractivity contribution in [2.75, 3.05) is 13.2 Å². The molecule has 0 N–H and O–H groups in total. The third-order valence-corrected chi connectivity index (χ3v) is 7.16. The molecule has 0 aromatic heterocycles. The van der Waals surface area contributed by atoms with Crippen LogP contribution in [0.2, 0.25) is 0 Å². The van der Waals surface area contributed by atoms with E-state index in [2.05, 4.69) is 6.92 Å². The molecule has 1 aliphatic rings. The zero-order chi connectivity index (χ0) is 27.9. The van der Waals surface area contributed by atoms with E-state index in [1.165, 1.54) is 30.3 Å². The van der Waals surface area contributed by atoms with Crippen LogP contribution in [0.1, 0.15) is 75.8 Å². The molecule has 0 radical (unpaired) electrons. The second-order valence-electron chi connectivity index (χ2n) is 9.76. The van der Waals surface area contributed by atoms with E-state index in [0.29, 0.717) is 37.0 Å². The molecule has 1 unspecified atom stereocenters. The fraction of sp³-hybridized carbons (Fsp3) is 0.375. The van der Waals surface area contributed by atoms with Crippen molar-refractivity contribution in [3.8, 4) is 22.6 Å². The molecule has 0 aliphatic heterocycles. The van der Waals surface area contributed by atoms with Crippen LogP contribution in [0.25, 0.3) is 16.7 Å². The van der Waals surface area contributed by atoms with Crippen LogP contribution in [0.4, 0.5) is 22.0 Å². The van der Waals surface area contributed by atoms with Crippen LogP contribution >= 0.6 is 0 Å². The first-order valence-corrected chi connectivity index (χ1v) is 13.6. The Kier molecular flexibility index (Phi) is 9.65. The van der Waals surface area contributed by atoms with Crippen molar-refractivity contribution in [1.29, 1.82) is 0 Å². The van der Waals surface area contributed by atoms with Crippen molar-refractivity contribution >= 4 is 5.57 Å². The van der Waals surface area contributed by atoms with Crippen molar-refractivity contribution < 1.29 is 31.4 Å². The Balaban J connectivity index is 1.46. The van der Waals surface area contributed by atoms with Crippen molar-refractivity contribution in [2.45, 2.75) is 64.7 Å². The van der Waals surface area contributed by atoms with E-state index >= 15 is 4.39 Å². The largest absolute Gasteiger partial charge is 0.491 e. The highest BCUT2D eigenvalue weighted by Crippen LogP contribution is 2.40. The zero-order valence-corrected chi connectivity index (χ0v) is 22.3. The van der Waals surface area contributed by atoms with E-state index in [4.69, 9.17) is 9.47 Å². The quantitative estimate of drug-likeness (QED) is 0.177. The molecule has 0 fully saturated rings. The normalized spacial score (nSPS) is 15.3. The molecule has 3 aromatic carbocycles. The highest BCUT2D eigenvalue weighted by molar-refractivity contribution is 5.72. The Morgan fingerprint density at radius 3 is 2.15 bits per heavy atom. The summed E-state index contributed by atoms with van der Waals surface area (Å²) in [6, 6.07) is 10.0. The average Bonchev–Trinajstić information content (AvgIpc) is 2.94. The molecule has 3 aromatic rings. The summed E-state index contributed by atoms with van der Waals surface area (Å²) in [5.41, 5.74) is 1.53. The number of rotatable bonds is 11. The van der Waals surface area contributed by atoms with Gasteiger partial charge in [-0.3, -0.25) is 0 Å². The van der Waals surface area contributed by atoms with Gasteiger partial charge in [-0.1, -0.05) is 50.5 Å². The average molecular weight is 545 g/mol. The van der Waals surface area contributed by atoms with Gasteiger partial charge in [0.05, 0.1) is 13.2 Å². The zero-order valence-electron chi connectivity index (χ0n) is 22.3. The second kappa shape index (κ2) is 13.1. The van der Waals surface area contributed by atoms with Crippen molar-refractivity contribution in [3.05, 3.63) is 88.8 Å². The number of allylic oxidation sites excluding steroid dienone is 2. The van der Waals surface area contributed by atoms with Crippen LogP contribution in [0.15, 0.2) is 48.5 Å². The van der Waals surface area contributed by atoms with Crippen molar-refractivity contribution in [1.82, 2.24) is 0 Å². The summed E-state index contributed by atoms with van der Waals surface area (Å²) in [7, 11) is 0. The summed E-state index contributed by atoms with van der Waals surface area (Å²) >= 11 is 0. The van der Waals surface area contributed by atoms with Crippen LogP contribution in [-0.4, -0.2) is 13.2 Å². The Bertz CT molecular complexity index is 1330. The van der Waals surface area contributed by atoms with Gasteiger partial charge >= 0.3 is 0 Å². The van der Waals surface area contributed by atoms with Gasteiger partial charge in [-0.05, 0) is 79.5 Å². The topological polar surface area (TPSA) is 18.5 Å². The summed E-state index contributed by atoms with van der Waals surface area (Å²) in [5, 5.41) is 0. The number of hydrogen-bond donors (Lipinski definition) is 0. The fourth-order valence-electron chi connectivity index (χ4n) is 5.00. The van der Waals surface area contributed by atoms with Gasteiger partial charge in [0.25, 0.3) is 0 Å². The second-order valence-corrected chi connectivity index (χ2v) is 9.76. The van der Waals surface area contributed by atoms with Gasteiger partial charge in [0.1, 0.15) is 5.82 Å². The predicted octanol–water partition coefficient (Wildman–Crippen LogP) is 9.76. The third-order valence-electron chi connectivity index (χ3n) is 7.16. The first-order chi connectivity index (χ1) is 18.8. The first kappa shape index (κ1) is 28.7. The molecule has 0 saturated carbocycles. The lowest BCUT2D eigenvalue weighted by molar-refractivity contribution is 0.284. The summed E-state index contributed by atoms with van der Waals surface area (Å²) in [6.07, 6.45) is 7.39. The van der Waals surface area contributed by atoms with Crippen LogP contribution < -0.4 is 9.47 Å². The van der Waals surface area contributed by atoms with E-state index in [1.54, 1.807) is 19.1 Å². The van der Waals surface area contributed by atoms with Gasteiger partial charge in [-0.15, -0.1) is 0 Å². The minimum Gasteiger partial charge on any atom is -0.491 e. The standard InChI is InChI=1S/C32H33F5O2/c1-3-5-6-7-18-39-28-16-14-23(29(34)32(28)37)21-10-8-20(9-11-21)22-12-13-24(26(33)19-22)25-15-17-27(38-4-2)31(36)30(25)35/h8,12-17,19,21H,3-7,9-11,18H2,1-2H3. The van der Waals surface area contributed by atoms with Gasteiger partial charge < -0.3 is 9.47 Å². The molecule has 2 nitrogen and oxygen atoms in total. The number of benzene rings is 3. The lowest BCUT2D eigenvalue weighted by atomic mass is 9.82. The maximum atomic E-state index is 15.0. The molecule has 4 rings (SSSR count). The number of ether oxygens (including phenoxy) is 2. The first-order valence-electron chi connectivity index (χ1n) is 13.6. The molecule has 0 heterocycles. The molecule has 208 valence electrons. The Labute approximate surface area is 226 Å². The predicted molar refractivity (Wildman–Crippen MR) is 143 cm³/mol. The Morgan fingerprint density at radius 1 is 0.744 bits per heavy atom. The summed E-state index contributed by atoms with van der Waals surface area (Å²) in [6.45, 7) is 4.28. The van der Waals surface area contributed by atoms with Crippen molar-refractivity contribution in [3.63, 3.8) is 0 Å². The maximum absolute atomic E-state index is 15.0. The molecule has 1 aliphatic carbocycles. The van der Waals surface area contributed by atoms with Crippen LogP contribution in [-0.2, 0) is 0 Å². The molecular weight excluding hydrogens is 511 g/mol. The smallest absolute Gasteiger partial charge is 0.201 e. The highest BCUT2D eigenvalue weighted by atomic mass is 19.2. The van der Waals surface area contributed by atoms with Gasteiger partial charge in [-0.25, -0.2) is 13.2 Å². The summed E-state index contributed by atoms with van der Waals surface area (Å²) < 4.78 is 84.0. The minimum absolute atomic E-state index is 0.0577. The number of halogens is 5. The molecule has 1 atom stereocenters. The van der Waals surface area contributed by atoms with E-state index < -0.39 is 29.1 Å². The molecule has 0 bridgehead atoms. The number of hydrogen-bond acceptors (Lipinski definition) is 2. The molecule has 0 saturated heterocycles. The molecular formula is C32H33F5O2. The van der Waals surface area contributed by atoms with Crippen molar-refractivity contribution in [2.24, 2.45) is 0 Å². The Hall–Kier alpha value is -3.35. The monoisotopic (exact) mass is 544 g/mol. The van der Waals surface area contributed by atoms with Gasteiger partial charge in [0.15, 0.2) is 23.1 Å². The highest BCUT2D eigenvalue weighted by Gasteiger charge is 2.24. The van der Waals surface area contributed by atoms with E-state index in [9.17, 15) is 17.6 Å². The van der Waals surface area contributed by atoms with Gasteiger partial charge in [0.2, 0.25) is 11.6 Å². The molecule has 0 amide bonds. The third kappa shape index (κ3) is 6.45. The summed E-state index contributed by atoms with van der Waals surface area (Å²) in [5.74, 6) is -5.37. The van der Waals surface area contributed by atoms with Crippen LogP contribution in [0.5, 0.6) is 11.5 Å². The number of unbranched alkanes of at least 4 members (excludes halogenated alkanes) is 3. The minimum atomic E-state index is -1.17. The molecule has 7 heteroatoms. The van der Waals surface area contributed by atoms with Crippen LogP contribution in [0.3, 0.4) is 0 Å². The fourth-order valence-corrected chi connectivity index (χ4v) is 5.00. The van der Waals surface area contributed by atoms with E-state index in [0.717, 1.165) is 31.3 Å². The van der Waals surface area contributed by atoms with E-state index in [-0.39, 0.29) is 35.2 Å². The molecule has 39 heavy (non-hydrogen) atoms. The van der Waals surface area contributed by atoms with Gasteiger partial charge in [-0.2, -0.15) is 8.78 Å². The van der Waals surface area contributed by atoms with Gasteiger partial charge in [0, 0.05) is 11.1 Å². The lowest BCUT2D eigenvalue weighted by Gasteiger charge is -2.24. The SMILES string of the molecule is CCCCCCOc1ccc(C2CC=C(c3ccc(-c4ccc(OCC)c(F)c4F)c(F)c3)CC2)c(F)c1F. The van der Waals surface area contributed by atoms with E-state index in [1.807, 2.05) is 6.08 Å². The lowest BCUT2D eigenvalue weighted by Crippen LogP contribution is -2.09.